The smallest absolute Gasteiger partial charge is 0.305 e. The summed E-state index contributed by atoms with van der Waals surface area (Å²) in [6, 6.07) is 15.8. The summed E-state index contributed by atoms with van der Waals surface area (Å²) < 4.78 is 13.5. The molecule has 33 heavy (non-hydrogen) atoms. The van der Waals surface area contributed by atoms with E-state index in [0.717, 1.165) is 21.9 Å². The maximum atomic E-state index is 13.6. The molecule has 2 saturated carbocycles. The lowest BCUT2D eigenvalue weighted by Gasteiger charge is -2.43. The molecule has 4 aliphatic rings. The van der Waals surface area contributed by atoms with E-state index < -0.39 is 5.82 Å². The number of amides is 2. The van der Waals surface area contributed by atoms with E-state index in [-0.39, 0.29) is 57.4 Å². The van der Waals surface area contributed by atoms with Crippen molar-refractivity contribution in [2.24, 2.45) is 29.6 Å². The van der Waals surface area contributed by atoms with Gasteiger partial charge in [-0.3, -0.25) is 19.3 Å². The Hall–Kier alpha value is -2.71. The fraction of sp³-hybridized carbons (Fsp3) is 0.320. The third kappa shape index (κ3) is 2.62. The molecule has 1 aromatic heterocycles. The van der Waals surface area contributed by atoms with E-state index in [0.29, 0.717) is 5.69 Å². The number of nitrogens with one attached hydrogen (secondary N) is 1. The van der Waals surface area contributed by atoms with Gasteiger partial charge in [-0.05, 0) is 54.0 Å². The Morgan fingerprint density at radius 1 is 0.909 bits per heavy atom. The molecular formula is C25H19FN2O3S2. The van der Waals surface area contributed by atoms with Gasteiger partial charge < -0.3 is 4.98 Å². The summed E-state index contributed by atoms with van der Waals surface area (Å²) in [7, 11) is 0. The predicted octanol–water partition coefficient (Wildman–Crippen LogP) is 4.25. The van der Waals surface area contributed by atoms with Gasteiger partial charge in [0, 0.05) is 16.0 Å². The molecule has 0 spiro atoms. The third-order valence-electron chi connectivity index (χ3n) is 7.97. The van der Waals surface area contributed by atoms with Crippen molar-refractivity contribution in [2.75, 3.05) is 4.90 Å². The molecule has 5 nitrogen and oxygen atoms in total. The van der Waals surface area contributed by atoms with Crippen molar-refractivity contribution in [1.29, 1.82) is 0 Å². The van der Waals surface area contributed by atoms with Crippen LogP contribution in [0, 0.1) is 35.4 Å². The second kappa shape index (κ2) is 6.90. The Bertz CT molecular complexity index is 1350. The Morgan fingerprint density at radius 2 is 1.61 bits per heavy atom. The minimum Gasteiger partial charge on any atom is -0.307 e. The molecule has 2 aliphatic heterocycles. The summed E-state index contributed by atoms with van der Waals surface area (Å²) in [5.74, 6) is -1.03. The summed E-state index contributed by atoms with van der Waals surface area (Å²) in [5.41, 5.74) is 1.60. The van der Waals surface area contributed by atoms with Crippen LogP contribution in [-0.2, 0) is 9.59 Å². The van der Waals surface area contributed by atoms with E-state index >= 15 is 0 Å². The largest absolute Gasteiger partial charge is 0.307 e. The highest BCUT2D eigenvalue weighted by atomic mass is 32.2. The van der Waals surface area contributed by atoms with Gasteiger partial charge in [0.2, 0.25) is 11.8 Å². The average Bonchev–Trinajstić information content (AvgIpc) is 3.54. The van der Waals surface area contributed by atoms with Crippen molar-refractivity contribution in [3.63, 3.8) is 0 Å². The van der Waals surface area contributed by atoms with Gasteiger partial charge >= 0.3 is 4.87 Å². The number of benzene rings is 2. The average molecular weight is 479 g/mol. The van der Waals surface area contributed by atoms with Crippen molar-refractivity contribution < 1.29 is 14.0 Å². The number of carbonyl (C=O) groups is 2. The minimum absolute atomic E-state index is 0.0372. The number of hydrogen-bond donors (Lipinski definition) is 1. The number of H-pyrrole nitrogens is 1. The summed E-state index contributed by atoms with van der Waals surface area (Å²) >= 11 is 2.95. The molecule has 3 aromatic rings. The zero-order chi connectivity index (χ0) is 22.4. The zero-order valence-corrected chi connectivity index (χ0v) is 18.9. The lowest BCUT2D eigenvalue weighted by molar-refractivity contribution is -0.123. The van der Waals surface area contributed by atoms with Crippen LogP contribution in [0.3, 0.4) is 0 Å². The monoisotopic (exact) mass is 478 g/mol. The Balaban J connectivity index is 1.33. The summed E-state index contributed by atoms with van der Waals surface area (Å²) in [6.45, 7) is 0. The molecule has 2 aliphatic carbocycles. The molecule has 7 atom stereocenters. The first kappa shape index (κ1) is 19.7. The first-order valence-electron chi connectivity index (χ1n) is 11.1. The number of anilines is 1. The van der Waals surface area contributed by atoms with Crippen LogP contribution in [0.4, 0.5) is 10.1 Å². The van der Waals surface area contributed by atoms with Crippen molar-refractivity contribution in [1.82, 2.24) is 4.98 Å². The first-order valence-corrected chi connectivity index (χ1v) is 12.8. The molecule has 1 N–H and O–H groups in total. The van der Waals surface area contributed by atoms with Gasteiger partial charge in [-0.15, -0.1) is 11.8 Å². The van der Waals surface area contributed by atoms with Crippen molar-refractivity contribution in [2.45, 2.75) is 22.6 Å². The van der Waals surface area contributed by atoms with Crippen LogP contribution in [0.15, 0.2) is 64.4 Å². The number of aromatic amines is 1. The summed E-state index contributed by atoms with van der Waals surface area (Å²) in [6.07, 6.45) is 0.856. The minimum atomic E-state index is -0.397. The molecule has 2 bridgehead atoms. The number of carbonyl (C=O) groups excluding carboxylic acids is 2. The predicted molar refractivity (Wildman–Crippen MR) is 124 cm³/mol. The fourth-order valence-electron chi connectivity index (χ4n) is 6.90. The molecule has 0 unspecified atom stereocenters. The topological polar surface area (TPSA) is 70.2 Å². The molecule has 7 rings (SSSR count). The molecular weight excluding hydrogens is 459 g/mol. The van der Waals surface area contributed by atoms with Crippen LogP contribution in [-0.4, -0.2) is 22.0 Å². The number of thiazole rings is 1. The number of aromatic nitrogens is 1. The van der Waals surface area contributed by atoms with Crippen LogP contribution in [0.5, 0.6) is 0 Å². The van der Waals surface area contributed by atoms with Gasteiger partial charge in [0.25, 0.3) is 0 Å². The van der Waals surface area contributed by atoms with Gasteiger partial charge in [-0.25, -0.2) is 4.39 Å². The number of thioether (sulfide) groups is 1. The molecule has 2 amide bonds. The Kier molecular flexibility index (Phi) is 4.13. The van der Waals surface area contributed by atoms with E-state index in [1.165, 1.54) is 40.5 Å². The second-order valence-corrected chi connectivity index (χ2v) is 11.6. The summed E-state index contributed by atoms with van der Waals surface area (Å²) in [4.78, 5) is 44.6. The maximum Gasteiger partial charge on any atom is 0.305 e. The van der Waals surface area contributed by atoms with E-state index in [2.05, 4.69) is 17.1 Å². The number of hydrogen-bond acceptors (Lipinski definition) is 5. The first-order chi connectivity index (χ1) is 16.0. The SMILES string of the molecule is O=C1[C@@H]2[C@H]3C[C@@H]([C@@H]2C(=O)N1c1ccc(F)cc1)[C@@H]1[C@H](c2ccccc2)c2sc(=O)[nH]c2S[C@H]31. The highest BCUT2D eigenvalue weighted by Crippen LogP contribution is 2.68. The second-order valence-electron chi connectivity index (χ2n) is 9.36. The van der Waals surface area contributed by atoms with Crippen LogP contribution in [0.2, 0.25) is 0 Å². The van der Waals surface area contributed by atoms with Crippen molar-refractivity contribution in [3.05, 3.63) is 80.5 Å². The molecule has 0 radical (unpaired) electrons. The molecule has 2 aromatic carbocycles. The zero-order valence-electron chi connectivity index (χ0n) is 17.3. The highest BCUT2D eigenvalue weighted by Gasteiger charge is 2.69. The molecule has 166 valence electrons. The van der Waals surface area contributed by atoms with Crippen LogP contribution < -0.4 is 9.77 Å². The van der Waals surface area contributed by atoms with E-state index in [1.54, 1.807) is 11.8 Å². The Labute approximate surface area is 197 Å². The lowest BCUT2D eigenvalue weighted by Crippen LogP contribution is -2.42. The van der Waals surface area contributed by atoms with Gasteiger partial charge in [0.05, 0.1) is 22.5 Å². The third-order valence-corrected chi connectivity index (χ3v) is 10.6. The van der Waals surface area contributed by atoms with Gasteiger partial charge in [-0.2, -0.15) is 0 Å². The fourth-order valence-corrected chi connectivity index (χ4v) is 9.78. The standard InChI is InChI=1S/C25H19FN2O3S2/c26-12-6-8-13(9-7-12)28-23(29)18-14-10-15(19(18)24(28)30)20-17(14)16(11-4-2-1-3-5-11)21-22(32-20)27-25(31)33-21/h1-9,14-20H,10H2,(H,27,31)/t14-,15-,16+,17-,18+,19-,20-/m1/s1. The van der Waals surface area contributed by atoms with Crippen LogP contribution in [0.25, 0.3) is 0 Å². The number of fused-ring (bicyclic) bond motifs is 9. The molecule has 3 fully saturated rings. The Morgan fingerprint density at radius 3 is 2.33 bits per heavy atom. The molecule has 1 saturated heterocycles. The van der Waals surface area contributed by atoms with Gasteiger partial charge in [0.15, 0.2) is 0 Å². The molecule has 8 heteroatoms. The lowest BCUT2D eigenvalue weighted by atomic mass is 9.68. The highest BCUT2D eigenvalue weighted by molar-refractivity contribution is 8.00. The number of halogens is 1. The maximum absolute atomic E-state index is 13.6. The number of imide groups is 1. The molecule has 3 heterocycles. The van der Waals surface area contributed by atoms with Crippen molar-refractivity contribution in [3.8, 4) is 0 Å². The van der Waals surface area contributed by atoms with Crippen LogP contribution in [0.1, 0.15) is 22.8 Å². The van der Waals surface area contributed by atoms with Crippen molar-refractivity contribution >= 4 is 40.6 Å². The summed E-state index contributed by atoms with van der Waals surface area (Å²) in [5, 5.41) is 1.08. The van der Waals surface area contributed by atoms with Gasteiger partial charge in [-0.1, -0.05) is 41.7 Å². The van der Waals surface area contributed by atoms with E-state index in [4.69, 9.17) is 0 Å². The van der Waals surface area contributed by atoms with Gasteiger partial charge in [0.1, 0.15) is 5.82 Å². The van der Waals surface area contributed by atoms with Crippen LogP contribution >= 0.6 is 23.1 Å². The quantitative estimate of drug-likeness (QED) is 0.559. The number of nitrogens with zero attached hydrogens (tertiary/aromatic N) is 1. The van der Waals surface area contributed by atoms with E-state index in [9.17, 15) is 18.8 Å². The number of rotatable bonds is 2. The normalized spacial score (nSPS) is 33.8. The van der Waals surface area contributed by atoms with E-state index in [1.807, 2.05) is 18.2 Å².